The van der Waals surface area contributed by atoms with E-state index in [2.05, 4.69) is 0 Å². The molecule has 0 aliphatic rings. The van der Waals surface area contributed by atoms with Crippen molar-refractivity contribution in [1.29, 1.82) is 0 Å². The number of halogens is 3. The molecule has 0 N–H and O–H groups in total. The molecule has 0 saturated carbocycles. The van der Waals surface area contributed by atoms with E-state index in [9.17, 15) is 27.6 Å². The number of imide groups is 1. The van der Waals surface area contributed by atoms with Crippen LogP contribution in [0.5, 0.6) is 0 Å². The first-order valence-corrected chi connectivity index (χ1v) is 8.76. The Hall–Kier alpha value is -3.16. The Morgan fingerprint density at radius 3 is 2.24 bits per heavy atom. The van der Waals surface area contributed by atoms with Gasteiger partial charge in [0, 0.05) is 12.5 Å². The number of alkyl halides is 3. The maximum Gasteiger partial charge on any atom is 0.409 e. The lowest BCUT2D eigenvalue weighted by Crippen LogP contribution is -2.52. The number of benzene rings is 2. The highest BCUT2D eigenvalue weighted by Gasteiger charge is 2.48. The minimum Gasteiger partial charge on any atom is -0.461 e. The largest absolute Gasteiger partial charge is 0.461 e. The van der Waals surface area contributed by atoms with Crippen LogP contribution in [0.15, 0.2) is 54.6 Å². The van der Waals surface area contributed by atoms with Crippen molar-refractivity contribution in [3.63, 3.8) is 0 Å². The van der Waals surface area contributed by atoms with Crippen molar-refractivity contribution < 1.29 is 32.3 Å². The van der Waals surface area contributed by atoms with Crippen LogP contribution in [-0.4, -0.2) is 34.9 Å². The second-order valence-corrected chi connectivity index (χ2v) is 6.47. The van der Waals surface area contributed by atoms with Gasteiger partial charge in [-0.05, 0) is 24.6 Å². The number of esters is 1. The highest BCUT2D eigenvalue weighted by Crippen LogP contribution is 2.29. The summed E-state index contributed by atoms with van der Waals surface area (Å²) in [6.45, 7) is 2.46. The van der Waals surface area contributed by atoms with Gasteiger partial charge in [0.25, 0.3) is 5.91 Å². The normalized spacial score (nSPS) is 12.2. The summed E-state index contributed by atoms with van der Waals surface area (Å²) in [6.07, 6.45) is -6.19. The van der Waals surface area contributed by atoms with Crippen LogP contribution in [0.4, 0.5) is 13.2 Å². The average Bonchev–Trinajstić information content (AvgIpc) is 2.65. The molecule has 1 unspecified atom stereocenters. The number of nitrogens with zero attached hydrogens (tertiary/aromatic N) is 1. The second-order valence-electron chi connectivity index (χ2n) is 6.47. The molecule has 29 heavy (non-hydrogen) atoms. The molecule has 0 aliphatic heterocycles. The first-order chi connectivity index (χ1) is 13.6. The van der Waals surface area contributed by atoms with E-state index in [0.29, 0.717) is 5.56 Å². The van der Waals surface area contributed by atoms with E-state index in [0.717, 1.165) is 12.5 Å². The van der Waals surface area contributed by atoms with Crippen molar-refractivity contribution in [3.8, 4) is 0 Å². The molecular weight excluding hydrogens is 387 g/mol. The van der Waals surface area contributed by atoms with Crippen molar-refractivity contribution in [2.75, 3.05) is 0 Å². The van der Waals surface area contributed by atoms with Crippen LogP contribution in [0.1, 0.15) is 34.8 Å². The fourth-order valence-corrected chi connectivity index (χ4v) is 2.76. The van der Waals surface area contributed by atoms with Gasteiger partial charge in [-0.2, -0.15) is 13.2 Å². The first kappa shape index (κ1) is 22.1. The van der Waals surface area contributed by atoms with Gasteiger partial charge < -0.3 is 4.74 Å². The number of carbonyl (C=O) groups excluding carboxylic acids is 3. The third kappa shape index (κ3) is 6.17. The number of amides is 2. The Labute approximate surface area is 166 Å². The van der Waals surface area contributed by atoms with Crippen molar-refractivity contribution in [2.24, 2.45) is 0 Å². The minimum absolute atomic E-state index is 0.0588. The monoisotopic (exact) mass is 407 g/mol. The summed E-state index contributed by atoms with van der Waals surface area (Å²) in [7, 11) is 0. The Balaban J connectivity index is 2.19. The minimum atomic E-state index is -5.00. The van der Waals surface area contributed by atoms with Crippen molar-refractivity contribution in [1.82, 2.24) is 4.90 Å². The highest BCUT2D eigenvalue weighted by molar-refractivity contribution is 6.04. The average molecular weight is 407 g/mol. The molecule has 0 aliphatic carbocycles. The van der Waals surface area contributed by atoms with E-state index in [4.69, 9.17) is 4.74 Å². The molecule has 0 saturated heterocycles. The van der Waals surface area contributed by atoms with Crippen LogP contribution >= 0.6 is 0 Å². The molecular formula is C21H20F3NO4. The molecule has 1 atom stereocenters. The predicted octanol–water partition coefficient (Wildman–Crippen LogP) is 4.05. The van der Waals surface area contributed by atoms with Gasteiger partial charge in [-0.15, -0.1) is 0 Å². The third-order valence-electron chi connectivity index (χ3n) is 4.11. The van der Waals surface area contributed by atoms with Crippen LogP contribution in [0.3, 0.4) is 0 Å². The van der Waals surface area contributed by atoms with Crippen LogP contribution in [0.2, 0.25) is 0 Å². The molecule has 0 fully saturated rings. The molecule has 5 nitrogen and oxygen atoms in total. The number of ether oxygens (including phenoxy) is 1. The third-order valence-corrected chi connectivity index (χ3v) is 4.11. The molecule has 2 rings (SSSR count). The van der Waals surface area contributed by atoms with E-state index in [1.54, 1.807) is 24.3 Å². The van der Waals surface area contributed by atoms with E-state index in [1.165, 1.54) is 24.3 Å². The van der Waals surface area contributed by atoms with Crippen molar-refractivity contribution in [3.05, 3.63) is 71.3 Å². The van der Waals surface area contributed by atoms with Gasteiger partial charge in [-0.1, -0.05) is 48.0 Å². The van der Waals surface area contributed by atoms with Crippen molar-refractivity contribution >= 4 is 17.8 Å². The molecule has 0 spiro atoms. The summed E-state index contributed by atoms with van der Waals surface area (Å²) >= 11 is 0. The van der Waals surface area contributed by atoms with E-state index < -0.39 is 36.4 Å². The maximum atomic E-state index is 13.6. The second kappa shape index (κ2) is 9.36. The van der Waals surface area contributed by atoms with E-state index in [-0.39, 0.29) is 17.1 Å². The van der Waals surface area contributed by atoms with Gasteiger partial charge in [-0.3, -0.25) is 19.3 Å². The van der Waals surface area contributed by atoms with Crippen LogP contribution in [0.25, 0.3) is 0 Å². The lowest BCUT2D eigenvalue weighted by Gasteiger charge is -2.30. The fraction of sp³-hybridized carbons (Fsp3) is 0.286. The zero-order valence-electron chi connectivity index (χ0n) is 15.9. The Kier molecular flexibility index (Phi) is 7.14. The summed E-state index contributed by atoms with van der Waals surface area (Å²) < 4.78 is 45.8. The molecule has 2 aromatic rings. The molecule has 0 aromatic heterocycles. The van der Waals surface area contributed by atoms with Gasteiger partial charge in [0.2, 0.25) is 5.91 Å². The van der Waals surface area contributed by atoms with E-state index in [1.807, 2.05) is 13.0 Å². The summed E-state index contributed by atoms with van der Waals surface area (Å²) in [6, 6.07) is 11.4. The van der Waals surface area contributed by atoms with Gasteiger partial charge in [0.05, 0.1) is 6.42 Å². The van der Waals surface area contributed by atoms with Gasteiger partial charge in [-0.25, -0.2) is 0 Å². The molecule has 0 radical (unpaired) electrons. The summed E-state index contributed by atoms with van der Waals surface area (Å²) in [5.41, 5.74) is 1.43. The van der Waals surface area contributed by atoms with Gasteiger partial charge in [0.15, 0.2) is 0 Å². The number of rotatable bonds is 6. The van der Waals surface area contributed by atoms with Gasteiger partial charge in [0.1, 0.15) is 12.6 Å². The van der Waals surface area contributed by atoms with E-state index >= 15 is 0 Å². The zero-order chi connectivity index (χ0) is 21.6. The van der Waals surface area contributed by atoms with Gasteiger partial charge >= 0.3 is 12.1 Å². The Morgan fingerprint density at radius 1 is 1.03 bits per heavy atom. The molecule has 0 bridgehead atoms. The molecule has 154 valence electrons. The van der Waals surface area contributed by atoms with Crippen LogP contribution < -0.4 is 0 Å². The fourth-order valence-electron chi connectivity index (χ4n) is 2.76. The lowest BCUT2D eigenvalue weighted by atomic mass is 10.1. The first-order valence-electron chi connectivity index (χ1n) is 8.76. The number of carbonyl (C=O) groups is 3. The SMILES string of the molecule is CC(=O)N(C(=O)c1ccccc1)C(CC(=O)OCc1cccc(C)c1)C(F)(F)F. The molecule has 2 amide bonds. The molecule has 0 heterocycles. The zero-order valence-corrected chi connectivity index (χ0v) is 15.9. The van der Waals surface area contributed by atoms with Crippen LogP contribution in [0, 0.1) is 6.92 Å². The van der Waals surface area contributed by atoms with Crippen LogP contribution in [-0.2, 0) is 20.9 Å². The Bertz CT molecular complexity index is 881. The summed E-state index contributed by atoms with van der Waals surface area (Å²) in [5.74, 6) is -3.42. The number of aryl methyl sites for hydroxylation is 1. The topological polar surface area (TPSA) is 63.7 Å². The number of hydrogen-bond acceptors (Lipinski definition) is 4. The standard InChI is InChI=1S/C21H20F3NO4/c1-14-7-6-8-16(11-14)13-29-19(27)12-18(21(22,23)24)25(15(2)26)20(28)17-9-4-3-5-10-17/h3-11,18H,12-13H2,1-2H3. The highest BCUT2D eigenvalue weighted by atomic mass is 19.4. The smallest absolute Gasteiger partial charge is 0.409 e. The number of hydrogen-bond donors (Lipinski definition) is 0. The van der Waals surface area contributed by atoms with Crippen molar-refractivity contribution in [2.45, 2.75) is 39.1 Å². The summed E-state index contributed by atoms with van der Waals surface area (Å²) in [5, 5.41) is 0. The summed E-state index contributed by atoms with van der Waals surface area (Å²) in [4.78, 5) is 36.6. The Morgan fingerprint density at radius 2 is 1.69 bits per heavy atom. The molecule has 2 aromatic carbocycles. The predicted molar refractivity (Wildman–Crippen MR) is 98.7 cm³/mol. The lowest BCUT2D eigenvalue weighted by molar-refractivity contribution is -0.189. The quantitative estimate of drug-likeness (QED) is 0.678. The maximum absolute atomic E-state index is 13.6. The molecule has 8 heteroatoms.